The Labute approximate surface area is 84.4 Å². The zero-order chi connectivity index (χ0) is 10.4. The lowest BCUT2D eigenvalue weighted by molar-refractivity contribution is 0.461. The number of anilines is 1. The normalized spacial score (nSPS) is 10.1. The first-order valence-electron chi connectivity index (χ1n) is 5.00. The van der Waals surface area contributed by atoms with Crippen LogP contribution in [0.15, 0.2) is 18.2 Å². The molecular weight excluding hydrogens is 178 g/mol. The van der Waals surface area contributed by atoms with Gasteiger partial charge in [0, 0.05) is 12.6 Å². The number of rotatable bonds is 5. The molecule has 3 heteroatoms. The lowest BCUT2D eigenvalue weighted by Crippen LogP contribution is -2.01. The van der Waals surface area contributed by atoms with E-state index in [2.05, 4.69) is 12.2 Å². The fraction of sp³-hybridized carbons (Fsp3) is 0.455. The fourth-order valence-electron chi connectivity index (χ4n) is 1.26. The number of phenols is 2. The molecule has 0 radical (unpaired) electrons. The predicted molar refractivity (Wildman–Crippen MR) is 57.8 cm³/mol. The molecule has 3 N–H and O–H groups in total. The molecule has 0 saturated carbocycles. The first-order chi connectivity index (χ1) is 6.74. The summed E-state index contributed by atoms with van der Waals surface area (Å²) in [6.45, 7) is 2.97. The molecule has 0 atom stereocenters. The lowest BCUT2D eigenvalue weighted by Gasteiger charge is -2.08. The zero-order valence-electron chi connectivity index (χ0n) is 8.45. The Kier molecular flexibility index (Phi) is 4.11. The van der Waals surface area contributed by atoms with Gasteiger partial charge in [-0.3, -0.25) is 0 Å². The van der Waals surface area contributed by atoms with E-state index in [1.807, 2.05) is 0 Å². The number of nitrogens with one attached hydrogen (secondary N) is 1. The second-order valence-corrected chi connectivity index (χ2v) is 3.34. The molecule has 0 fully saturated rings. The van der Waals surface area contributed by atoms with E-state index >= 15 is 0 Å². The molecule has 0 aliphatic rings. The summed E-state index contributed by atoms with van der Waals surface area (Å²) in [7, 11) is 0. The highest BCUT2D eigenvalue weighted by atomic mass is 16.3. The summed E-state index contributed by atoms with van der Waals surface area (Å²) in [6, 6.07) is 4.48. The van der Waals surface area contributed by atoms with E-state index < -0.39 is 0 Å². The molecule has 1 rings (SSSR count). The van der Waals surface area contributed by atoms with Gasteiger partial charge in [-0.2, -0.15) is 0 Å². The average molecular weight is 195 g/mol. The second-order valence-electron chi connectivity index (χ2n) is 3.34. The van der Waals surface area contributed by atoms with Crippen LogP contribution in [0.3, 0.4) is 0 Å². The quantitative estimate of drug-likeness (QED) is 0.384. The van der Waals surface area contributed by atoms with Gasteiger partial charge in [-0.05, 0) is 18.6 Å². The van der Waals surface area contributed by atoms with Crippen molar-refractivity contribution in [3.8, 4) is 11.5 Å². The van der Waals surface area contributed by atoms with Gasteiger partial charge < -0.3 is 15.5 Å². The smallest absolute Gasteiger partial charge is 0.138 e. The molecule has 0 unspecified atom stereocenters. The van der Waals surface area contributed by atoms with Crippen molar-refractivity contribution < 1.29 is 10.2 Å². The van der Waals surface area contributed by atoms with Crippen molar-refractivity contribution in [1.29, 1.82) is 0 Å². The van der Waals surface area contributed by atoms with Gasteiger partial charge in [0.25, 0.3) is 0 Å². The van der Waals surface area contributed by atoms with Crippen LogP contribution in [0.2, 0.25) is 0 Å². The molecule has 0 spiro atoms. The van der Waals surface area contributed by atoms with Crippen molar-refractivity contribution in [3.63, 3.8) is 0 Å². The topological polar surface area (TPSA) is 52.5 Å². The van der Waals surface area contributed by atoms with Crippen molar-refractivity contribution in [2.45, 2.75) is 26.2 Å². The Hall–Kier alpha value is -1.38. The average Bonchev–Trinajstić information content (AvgIpc) is 2.18. The van der Waals surface area contributed by atoms with Crippen LogP contribution >= 0.6 is 0 Å². The highest BCUT2D eigenvalue weighted by Crippen LogP contribution is 2.26. The van der Waals surface area contributed by atoms with Crippen molar-refractivity contribution in [3.05, 3.63) is 18.2 Å². The monoisotopic (exact) mass is 195 g/mol. The Morgan fingerprint density at radius 3 is 2.71 bits per heavy atom. The first-order valence-corrected chi connectivity index (χ1v) is 5.00. The molecule has 1 aromatic rings. The van der Waals surface area contributed by atoms with Gasteiger partial charge >= 0.3 is 0 Å². The number of phenolic OH excluding ortho intramolecular Hbond substituents is 2. The van der Waals surface area contributed by atoms with Crippen LogP contribution in [0.25, 0.3) is 0 Å². The maximum absolute atomic E-state index is 9.42. The summed E-state index contributed by atoms with van der Waals surface area (Å²) in [4.78, 5) is 0. The molecule has 3 nitrogen and oxygen atoms in total. The van der Waals surface area contributed by atoms with E-state index in [0.717, 1.165) is 13.0 Å². The van der Waals surface area contributed by atoms with Crippen LogP contribution in [0, 0.1) is 0 Å². The summed E-state index contributed by atoms with van der Waals surface area (Å²) in [5.41, 5.74) is 0.598. The van der Waals surface area contributed by atoms with Crippen LogP contribution in [0.5, 0.6) is 11.5 Å². The van der Waals surface area contributed by atoms with E-state index in [1.165, 1.54) is 31.0 Å². The van der Waals surface area contributed by atoms with E-state index in [9.17, 15) is 10.2 Å². The highest BCUT2D eigenvalue weighted by Gasteiger charge is 2.00. The standard InChI is InChI=1S/C11H17NO2/c1-2-3-4-7-12-10-8-9(13)5-6-11(10)14/h5-6,8,12-14H,2-4,7H2,1H3. The van der Waals surface area contributed by atoms with E-state index in [1.54, 1.807) is 0 Å². The molecule has 0 aliphatic carbocycles. The third kappa shape index (κ3) is 3.17. The molecule has 0 saturated heterocycles. The Morgan fingerprint density at radius 2 is 2.00 bits per heavy atom. The number of benzene rings is 1. The molecule has 0 aliphatic heterocycles. The number of hydrogen-bond donors (Lipinski definition) is 3. The van der Waals surface area contributed by atoms with Gasteiger partial charge in [0.15, 0.2) is 0 Å². The summed E-state index contributed by atoms with van der Waals surface area (Å²) in [6.07, 6.45) is 3.42. The lowest BCUT2D eigenvalue weighted by atomic mass is 10.2. The Morgan fingerprint density at radius 1 is 1.21 bits per heavy atom. The van der Waals surface area contributed by atoms with Gasteiger partial charge in [-0.15, -0.1) is 0 Å². The minimum Gasteiger partial charge on any atom is -0.508 e. The predicted octanol–water partition coefficient (Wildman–Crippen LogP) is 2.70. The maximum atomic E-state index is 9.42. The van der Waals surface area contributed by atoms with Gasteiger partial charge in [0.1, 0.15) is 11.5 Å². The van der Waals surface area contributed by atoms with E-state index in [0.29, 0.717) is 5.69 Å². The first kappa shape index (κ1) is 10.7. The van der Waals surface area contributed by atoms with Crippen molar-refractivity contribution in [1.82, 2.24) is 0 Å². The minimum absolute atomic E-state index is 0.167. The van der Waals surface area contributed by atoms with Crippen molar-refractivity contribution in [2.75, 3.05) is 11.9 Å². The third-order valence-electron chi connectivity index (χ3n) is 2.08. The molecule has 78 valence electrons. The summed E-state index contributed by atoms with van der Waals surface area (Å²) in [5.74, 6) is 0.347. The molecule has 0 heterocycles. The van der Waals surface area contributed by atoms with E-state index in [-0.39, 0.29) is 11.5 Å². The van der Waals surface area contributed by atoms with Crippen LogP contribution in [-0.2, 0) is 0 Å². The molecule has 0 amide bonds. The maximum Gasteiger partial charge on any atom is 0.138 e. The number of aromatic hydroxyl groups is 2. The van der Waals surface area contributed by atoms with Crippen LogP contribution in [-0.4, -0.2) is 16.8 Å². The molecule has 0 bridgehead atoms. The van der Waals surface area contributed by atoms with E-state index in [4.69, 9.17) is 0 Å². The summed E-state index contributed by atoms with van der Waals surface area (Å²) >= 11 is 0. The minimum atomic E-state index is 0.167. The number of hydrogen-bond acceptors (Lipinski definition) is 3. The Bertz CT molecular complexity index is 287. The van der Waals surface area contributed by atoms with Gasteiger partial charge in [-0.25, -0.2) is 0 Å². The van der Waals surface area contributed by atoms with Gasteiger partial charge in [0.05, 0.1) is 5.69 Å². The zero-order valence-corrected chi connectivity index (χ0v) is 8.45. The third-order valence-corrected chi connectivity index (χ3v) is 2.08. The fourth-order valence-corrected chi connectivity index (χ4v) is 1.26. The molecule has 0 aromatic heterocycles. The Balaban J connectivity index is 2.45. The van der Waals surface area contributed by atoms with Gasteiger partial charge in [0.2, 0.25) is 0 Å². The van der Waals surface area contributed by atoms with Crippen molar-refractivity contribution in [2.24, 2.45) is 0 Å². The largest absolute Gasteiger partial charge is 0.508 e. The SMILES string of the molecule is CCCCCNc1cc(O)ccc1O. The summed E-state index contributed by atoms with van der Waals surface area (Å²) < 4.78 is 0. The number of unbranched alkanes of at least 4 members (excludes halogenated alkanes) is 2. The second kappa shape index (κ2) is 5.37. The van der Waals surface area contributed by atoms with Crippen molar-refractivity contribution >= 4 is 5.69 Å². The molecular formula is C11H17NO2. The van der Waals surface area contributed by atoms with Crippen LogP contribution in [0.4, 0.5) is 5.69 Å². The van der Waals surface area contributed by atoms with Crippen LogP contribution in [0.1, 0.15) is 26.2 Å². The molecule has 14 heavy (non-hydrogen) atoms. The summed E-state index contributed by atoms with van der Waals surface area (Å²) in [5, 5.41) is 21.7. The highest BCUT2D eigenvalue weighted by molar-refractivity contribution is 5.58. The van der Waals surface area contributed by atoms with Crippen LogP contribution < -0.4 is 5.32 Å². The molecule has 1 aromatic carbocycles. The van der Waals surface area contributed by atoms with Gasteiger partial charge in [-0.1, -0.05) is 19.8 Å².